The highest BCUT2D eigenvalue weighted by molar-refractivity contribution is 7.07. The summed E-state index contributed by atoms with van der Waals surface area (Å²) in [7, 11) is 0. The van der Waals surface area contributed by atoms with E-state index in [1.165, 1.54) is 18.4 Å². The summed E-state index contributed by atoms with van der Waals surface area (Å²) in [6, 6.07) is 11.9. The maximum Gasteiger partial charge on any atom is 0.251 e. The first-order chi connectivity index (χ1) is 10.3. The lowest BCUT2D eigenvalue weighted by Gasteiger charge is -2.27. The van der Waals surface area contributed by atoms with Crippen molar-refractivity contribution < 1.29 is 4.79 Å². The van der Waals surface area contributed by atoms with Crippen LogP contribution in [-0.2, 0) is 0 Å². The highest BCUT2D eigenvalue weighted by Crippen LogP contribution is 2.26. The lowest BCUT2D eigenvalue weighted by Crippen LogP contribution is -2.36. The van der Waals surface area contributed by atoms with Crippen LogP contribution in [0.5, 0.6) is 0 Å². The van der Waals surface area contributed by atoms with Gasteiger partial charge in [-0.2, -0.15) is 11.3 Å². The third-order valence-corrected chi connectivity index (χ3v) is 4.70. The van der Waals surface area contributed by atoms with Crippen LogP contribution in [0.3, 0.4) is 0 Å². The van der Waals surface area contributed by atoms with Gasteiger partial charge in [0.1, 0.15) is 0 Å². The fourth-order valence-electron chi connectivity index (χ4n) is 2.86. The standard InChI is InChI=1S/C17H20N2OS/c20-17(14-6-2-1-3-7-14)18-12-16(15-8-11-21-13-15)19-9-4-5-10-19/h1-3,6-8,11,13,16H,4-5,9-10,12H2,(H,18,20). The molecule has 1 aliphatic rings. The van der Waals surface area contributed by atoms with Crippen LogP contribution in [0.25, 0.3) is 0 Å². The minimum absolute atomic E-state index is 0.00928. The summed E-state index contributed by atoms with van der Waals surface area (Å²) in [4.78, 5) is 14.7. The van der Waals surface area contributed by atoms with E-state index in [0.717, 1.165) is 18.7 Å². The molecule has 1 amide bonds. The summed E-state index contributed by atoms with van der Waals surface area (Å²) in [6.45, 7) is 2.92. The molecule has 4 heteroatoms. The van der Waals surface area contributed by atoms with Crippen LogP contribution >= 0.6 is 11.3 Å². The van der Waals surface area contributed by atoms with E-state index in [9.17, 15) is 4.79 Å². The Kier molecular flexibility index (Phi) is 4.68. The fraction of sp³-hybridized carbons (Fsp3) is 0.353. The Hall–Kier alpha value is -1.65. The second-order valence-electron chi connectivity index (χ2n) is 5.39. The van der Waals surface area contributed by atoms with Crippen molar-refractivity contribution in [1.82, 2.24) is 10.2 Å². The zero-order chi connectivity index (χ0) is 14.5. The smallest absolute Gasteiger partial charge is 0.251 e. The summed E-state index contributed by atoms with van der Waals surface area (Å²) in [6.07, 6.45) is 2.51. The third kappa shape index (κ3) is 3.52. The summed E-state index contributed by atoms with van der Waals surface area (Å²) in [5.74, 6) is 0.00928. The van der Waals surface area contributed by atoms with Gasteiger partial charge in [-0.1, -0.05) is 18.2 Å². The number of carbonyl (C=O) groups is 1. The summed E-state index contributed by atoms with van der Waals surface area (Å²) < 4.78 is 0. The van der Waals surface area contributed by atoms with Crippen LogP contribution in [0.1, 0.15) is 34.8 Å². The highest BCUT2D eigenvalue weighted by atomic mass is 32.1. The number of hydrogen-bond donors (Lipinski definition) is 1. The van der Waals surface area contributed by atoms with Crippen molar-refractivity contribution in [2.75, 3.05) is 19.6 Å². The lowest BCUT2D eigenvalue weighted by molar-refractivity contribution is 0.0938. The Bertz CT molecular complexity index is 562. The summed E-state index contributed by atoms with van der Waals surface area (Å²) in [5.41, 5.74) is 2.04. The fourth-order valence-corrected chi connectivity index (χ4v) is 3.56. The van der Waals surface area contributed by atoms with Crippen LogP contribution in [0.4, 0.5) is 0 Å². The van der Waals surface area contributed by atoms with E-state index in [1.807, 2.05) is 30.3 Å². The molecule has 0 spiro atoms. The van der Waals surface area contributed by atoms with E-state index >= 15 is 0 Å². The molecule has 3 nitrogen and oxygen atoms in total. The Morgan fingerprint density at radius 3 is 2.62 bits per heavy atom. The lowest BCUT2D eigenvalue weighted by atomic mass is 10.1. The zero-order valence-corrected chi connectivity index (χ0v) is 12.8. The van der Waals surface area contributed by atoms with Gasteiger partial charge in [-0.3, -0.25) is 9.69 Å². The first-order valence-electron chi connectivity index (χ1n) is 7.44. The molecular formula is C17H20N2OS. The van der Waals surface area contributed by atoms with Crippen molar-refractivity contribution in [3.05, 3.63) is 58.3 Å². The zero-order valence-electron chi connectivity index (χ0n) is 12.0. The number of rotatable bonds is 5. The second-order valence-corrected chi connectivity index (χ2v) is 6.17. The summed E-state index contributed by atoms with van der Waals surface area (Å²) >= 11 is 1.72. The monoisotopic (exact) mass is 300 g/mol. The van der Waals surface area contributed by atoms with E-state index < -0.39 is 0 Å². The number of nitrogens with one attached hydrogen (secondary N) is 1. The van der Waals surface area contributed by atoms with Gasteiger partial charge in [0, 0.05) is 12.1 Å². The Morgan fingerprint density at radius 2 is 1.95 bits per heavy atom. The van der Waals surface area contributed by atoms with E-state index in [-0.39, 0.29) is 5.91 Å². The van der Waals surface area contributed by atoms with Gasteiger partial charge < -0.3 is 5.32 Å². The molecule has 1 fully saturated rings. The van der Waals surface area contributed by atoms with Gasteiger partial charge in [0.25, 0.3) is 5.91 Å². The molecule has 21 heavy (non-hydrogen) atoms. The van der Waals surface area contributed by atoms with Gasteiger partial charge >= 0.3 is 0 Å². The predicted molar refractivity (Wildman–Crippen MR) is 86.6 cm³/mol. The minimum Gasteiger partial charge on any atom is -0.350 e. The molecule has 0 saturated carbocycles. The molecule has 1 aliphatic heterocycles. The van der Waals surface area contributed by atoms with Gasteiger partial charge in [0.15, 0.2) is 0 Å². The van der Waals surface area contributed by atoms with Crippen LogP contribution in [0.2, 0.25) is 0 Å². The molecule has 1 aromatic heterocycles. The summed E-state index contributed by atoms with van der Waals surface area (Å²) in [5, 5.41) is 7.39. The minimum atomic E-state index is 0.00928. The molecular weight excluding hydrogens is 280 g/mol. The number of nitrogens with zero attached hydrogens (tertiary/aromatic N) is 1. The van der Waals surface area contributed by atoms with Crippen molar-refractivity contribution in [2.45, 2.75) is 18.9 Å². The van der Waals surface area contributed by atoms with Gasteiger partial charge in [-0.25, -0.2) is 0 Å². The first-order valence-corrected chi connectivity index (χ1v) is 8.38. The van der Waals surface area contributed by atoms with E-state index in [2.05, 4.69) is 27.0 Å². The molecule has 3 rings (SSSR count). The van der Waals surface area contributed by atoms with Crippen molar-refractivity contribution >= 4 is 17.2 Å². The average Bonchev–Trinajstić information content (AvgIpc) is 3.22. The molecule has 0 bridgehead atoms. The molecule has 0 radical (unpaired) electrons. The number of benzene rings is 1. The van der Waals surface area contributed by atoms with Crippen molar-refractivity contribution in [3.63, 3.8) is 0 Å². The first kappa shape index (κ1) is 14.3. The van der Waals surface area contributed by atoms with Crippen LogP contribution in [-0.4, -0.2) is 30.4 Å². The maximum absolute atomic E-state index is 12.2. The van der Waals surface area contributed by atoms with Gasteiger partial charge in [0.05, 0.1) is 6.04 Å². The molecule has 1 aromatic carbocycles. The van der Waals surface area contributed by atoms with E-state index in [4.69, 9.17) is 0 Å². The number of thiophene rings is 1. The molecule has 1 atom stereocenters. The maximum atomic E-state index is 12.2. The highest BCUT2D eigenvalue weighted by Gasteiger charge is 2.24. The Morgan fingerprint density at radius 1 is 1.19 bits per heavy atom. The Labute approximate surface area is 129 Å². The number of amides is 1. The number of hydrogen-bond acceptors (Lipinski definition) is 3. The van der Waals surface area contributed by atoms with Crippen LogP contribution in [0, 0.1) is 0 Å². The van der Waals surface area contributed by atoms with Crippen LogP contribution < -0.4 is 5.32 Å². The average molecular weight is 300 g/mol. The second kappa shape index (κ2) is 6.87. The van der Waals surface area contributed by atoms with E-state index in [0.29, 0.717) is 12.6 Å². The number of carbonyl (C=O) groups excluding carboxylic acids is 1. The van der Waals surface area contributed by atoms with E-state index in [1.54, 1.807) is 11.3 Å². The molecule has 110 valence electrons. The normalized spacial score (nSPS) is 16.8. The van der Waals surface area contributed by atoms with Gasteiger partial charge in [-0.05, 0) is 60.5 Å². The van der Waals surface area contributed by atoms with Crippen LogP contribution in [0.15, 0.2) is 47.2 Å². The molecule has 1 unspecified atom stereocenters. The largest absolute Gasteiger partial charge is 0.350 e. The Balaban J connectivity index is 1.66. The van der Waals surface area contributed by atoms with Crippen molar-refractivity contribution in [3.8, 4) is 0 Å². The molecule has 1 N–H and O–H groups in total. The molecule has 0 aliphatic carbocycles. The topological polar surface area (TPSA) is 32.3 Å². The predicted octanol–water partition coefficient (Wildman–Crippen LogP) is 3.32. The SMILES string of the molecule is O=C(NCC(c1ccsc1)N1CCCC1)c1ccccc1. The third-order valence-electron chi connectivity index (χ3n) is 4.00. The van der Waals surface area contributed by atoms with Gasteiger partial charge in [0.2, 0.25) is 0 Å². The van der Waals surface area contributed by atoms with Crippen molar-refractivity contribution in [2.24, 2.45) is 0 Å². The molecule has 2 heterocycles. The quantitative estimate of drug-likeness (QED) is 0.919. The van der Waals surface area contributed by atoms with Gasteiger partial charge in [-0.15, -0.1) is 0 Å². The molecule has 1 saturated heterocycles. The molecule has 2 aromatic rings. The number of likely N-dealkylation sites (tertiary alicyclic amines) is 1. The van der Waals surface area contributed by atoms with Crippen molar-refractivity contribution in [1.29, 1.82) is 0 Å².